The Labute approximate surface area is 204 Å². The van der Waals surface area contributed by atoms with E-state index in [0.717, 1.165) is 31.4 Å². The highest BCUT2D eigenvalue weighted by Crippen LogP contribution is 2.33. The zero-order chi connectivity index (χ0) is 23.9. The zero-order valence-electron chi connectivity index (χ0n) is 18.3. The second-order valence-electron chi connectivity index (χ2n) is 8.34. The maximum atomic E-state index is 12.8. The van der Waals surface area contributed by atoms with Crippen molar-refractivity contribution in [1.29, 1.82) is 0 Å². The van der Waals surface area contributed by atoms with Gasteiger partial charge in [-0.2, -0.15) is 0 Å². The van der Waals surface area contributed by atoms with Gasteiger partial charge in [-0.1, -0.05) is 18.8 Å². The Morgan fingerprint density at radius 3 is 2.69 bits per heavy atom. The molecule has 1 aliphatic rings. The molecule has 0 aliphatic carbocycles. The molecule has 1 fully saturated rings. The first-order chi connectivity index (χ1) is 16.2. The summed E-state index contributed by atoms with van der Waals surface area (Å²) in [5.41, 5.74) is 2.73. The molecule has 0 bridgehead atoms. The average molecular weight is 506 g/mol. The van der Waals surface area contributed by atoms with Crippen LogP contribution in [0.4, 0.5) is 24.3 Å². The van der Waals surface area contributed by atoms with Gasteiger partial charge in [0.1, 0.15) is 5.75 Å². The number of thiazole rings is 1. The summed E-state index contributed by atoms with van der Waals surface area (Å²) in [6, 6.07) is 9.53. The molecule has 186 valence electrons. The Morgan fingerprint density at radius 1 is 1.17 bits per heavy atom. The molecule has 0 unspecified atom stereocenters. The van der Waals surface area contributed by atoms with Crippen LogP contribution in [-0.4, -0.2) is 39.8 Å². The molecule has 0 atom stereocenters. The number of alkyl halides is 3. The number of hydrogen-bond acceptors (Lipinski definition) is 7. The summed E-state index contributed by atoms with van der Waals surface area (Å²) >= 11 is 1.20. The molecule has 0 spiro atoms. The quantitative estimate of drug-likeness (QED) is 0.311. The molecule has 1 aliphatic heterocycles. The highest BCUT2D eigenvalue weighted by molar-refractivity contribution is 7.22. The molecule has 35 heavy (non-hydrogen) atoms. The van der Waals surface area contributed by atoms with E-state index in [1.807, 2.05) is 29.8 Å². The fraction of sp³-hybridized carbons (Fsp3) is 0.375. The lowest BCUT2D eigenvalue weighted by molar-refractivity contribution is -0.274. The lowest BCUT2D eigenvalue weighted by Gasteiger charge is -2.21. The molecule has 5 rings (SSSR count). The van der Waals surface area contributed by atoms with Gasteiger partial charge in [0.2, 0.25) is 5.95 Å². The van der Waals surface area contributed by atoms with Crippen LogP contribution in [0.2, 0.25) is 0 Å². The van der Waals surface area contributed by atoms with Gasteiger partial charge in [0.15, 0.2) is 10.9 Å². The van der Waals surface area contributed by atoms with Crippen LogP contribution in [0.25, 0.3) is 21.3 Å². The van der Waals surface area contributed by atoms with Crippen molar-refractivity contribution < 1.29 is 22.7 Å². The molecule has 0 amide bonds. The van der Waals surface area contributed by atoms with E-state index in [9.17, 15) is 18.0 Å². The number of anilines is 2. The fourth-order valence-electron chi connectivity index (χ4n) is 4.20. The van der Waals surface area contributed by atoms with Crippen LogP contribution in [0.3, 0.4) is 0 Å². The maximum Gasteiger partial charge on any atom is 0.573 e. The number of carbonyl (C=O) groups excluding carboxylic acids is 1. The highest BCUT2D eigenvalue weighted by Gasteiger charge is 2.31. The average Bonchev–Trinajstić information content (AvgIpc) is 3.33. The number of hydrogen-bond donors (Lipinski definition) is 2. The number of ketones is 1. The molecule has 0 radical (unpaired) electrons. The summed E-state index contributed by atoms with van der Waals surface area (Å²) in [4.78, 5) is 21.8. The summed E-state index contributed by atoms with van der Waals surface area (Å²) in [6.45, 7) is 1.91. The molecule has 11 heteroatoms. The normalized spacial score (nSPS) is 14.7. The third kappa shape index (κ3) is 5.57. The number of carbonyl (C=O) groups is 1. The number of aryl methyl sites for hydroxylation is 1. The Bertz CT molecular complexity index is 1360. The van der Waals surface area contributed by atoms with E-state index in [1.54, 1.807) is 0 Å². The largest absolute Gasteiger partial charge is 0.573 e. The van der Waals surface area contributed by atoms with Gasteiger partial charge in [0.05, 0.1) is 21.3 Å². The first-order valence-corrected chi connectivity index (χ1v) is 11.7. The highest BCUT2D eigenvalue weighted by atomic mass is 32.1. The van der Waals surface area contributed by atoms with Gasteiger partial charge in [-0.05, 0) is 62.2 Å². The molecule has 2 aromatic carbocycles. The summed E-state index contributed by atoms with van der Waals surface area (Å²) in [6.07, 6.45) is -2.19. The van der Waals surface area contributed by atoms with Crippen LogP contribution in [0.5, 0.6) is 5.75 Å². The number of Topliss-reactive ketones (excluding diaryl/α,β-unsaturated/α-hetero) is 1. The standard InChI is InChI=1S/C23H22F3N5O2S.CH4/c1-31-18-5-2-14(19(32)10-13-6-8-27-9-7-13)11-17(18)28-21(31)30-22-29-16-4-3-15(12-20(16)34-22)33-23(24,25)26;/h2-5,11-13,27H,6-10H2,1H3,(H,28,29,30);1H4. The SMILES string of the molecule is C.Cn1c(Nc2nc3ccc(OC(F)(F)F)cc3s2)nc2cc(C(=O)CC3CCNCC3)ccc21. The molecule has 0 saturated carbocycles. The number of imidazole rings is 1. The van der Waals surface area contributed by atoms with Gasteiger partial charge in [0.25, 0.3) is 0 Å². The van der Waals surface area contributed by atoms with Crippen molar-refractivity contribution in [3.05, 3.63) is 42.0 Å². The first-order valence-electron chi connectivity index (χ1n) is 10.9. The molecule has 7 nitrogen and oxygen atoms in total. The Balaban J connectivity index is 0.00000289. The van der Waals surface area contributed by atoms with Crippen molar-refractivity contribution >= 4 is 49.4 Å². The van der Waals surface area contributed by atoms with E-state index in [-0.39, 0.29) is 19.0 Å². The number of nitrogens with one attached hydrogen (secondary N) is 2. The number of fused-ring (bicyclic) bond motifs is 2. The molecule has 4 aromatic rings. The predicted molar refractivity (Wildman–Crippen MR) is 132 cm³/mol. The maximum absolute atomic E-state index is 12.8. The van der Waals surface area contributed by atoms with Crippen LogP contribution in [0.1, 0.15) is 37.0 Å². The minimum Gasteiger partial charge on any atom is -0.406 e. The minimum absolute atomic E-state index is 0. The van der Waals surface area contributed by atoms with Crippen LogP contribution in [0, 0.1) is 5.92 Å². The van der Waals surface area contributed by atoms with E-state index in [1.165, 1.54) is 29.5 Å². The number of piperidine rings is 1. The number of halogens is 3. The number of benzene rings is 2. The molecule has 2 N–H and O–H groups in total. The van der Waals surface area contributed by atoms with Gasteiger partial charge in [0, 0.05) is 25.1 Å². The van der Waals surface area contributed by atoms with E-state index in [4.69, 9.17) is 0 Å². The molecular formula is C24H26F3N5O2S. The van der Waals surface area contributed by atoms with Gasteiger partial charge < -0.3 is 19.9 Å². The minimum atomic E-state index is -4.75. The third-order valence-electron chi connectivity index (χ3n) is 5.95. The number of rotatable bonds is 6. The molecule has 2 aromatic heterocycles. The second kappa shape index (κ2) is 9.82. The summed E-state index contributed by atoms with van der Waals surface area (Å²) in [7, 11) is 1.84. The Morgan fingerprint density at radius 2 is 1.94 bits per heavy atom. The van der Waals surface area contributed by atoms with E-state index in [2.05, 4.69) is 25.3 Å². The summed E-state index contributed by atoms with van der Waals surface area (Å²) in [5, 5.41) is 6.94. The van der Waals surface area contributed by atoms with Crippen molar-refractivity contribution in [2.75, 3.05) is 18.4 Å². The lowest BCUT2D eigenvalue weighted by Crippen LogP contribution is -2.28. The van der Waals surface area contributed by atoms with Gasteiger partial charge in [-0.15, -0.1) is 13.2 Å². The number of ether oxygens (including phenoxy) is 1. The molecule has 1 saturated heterocycles. The van der Waals surface area contributed by atoms with E-state index in [0.29, 0.717) is 44.7 Å². The van der Waals surface area contributed by atoms with Gasteiger partial charge >= 0.3 is 6.36 Å². The third-order valence-corrected chi connectivity index (χ3v) is 6.88. The second-order valence-corrected chi connectivity index (χ2v) is 9.37. The smallest absolute Gasteiger partial charge is 0.406 e. The summed E-state index contributed by atoms with van der Waals surface area (Å²) in [5.74, 6) is 0.756. The van der Waals surface area contributed by atoms with Crippen molar-refractivity contribution in [2.24, 2.45) is 13.0 Å². The van der Waals surface area contributed by atoms with Gasteiger partial charge in [-0.25, -0.2) is 9.97 Å². The monoisotopic (exact) mass is 505 g/mol. The lowest BCUT2D eigenvalue weighted by atomic mass is 9.90. The Hall–Kier alpha value is -3.18. The van der Waals surface area contributed by atoms with Crippen molar-refractivity contribution in [1.82, 2.24) is 19.9 Å². The number of aromatic nitrogens is 3. The van der Waals surface area contributed by atoms with Gasteiger partial charge in [-0.3, -0.25) is 4.79 Å². The van der Waals surface area contributed by atoms with Crippen LogP contribution < -0.4 is 15.4 Å². The molecule has 3 heterocycles. The first kappa shape index (κ1) is 24.9. The van der Waals surface area contributed by atoms with Crippen LogP contribution >= 0.6 is 11.3 Å². The predicted octanol–water partition coefficient (Wildman–Crippen LogP) is 6.03. The van der Waals surface area contributed by atoms with Crippen LogP contribution in [0.15, 0.2) is 36.4 Å². The van der Waals surface area contributed by atoms with Crippen molar-refractivity contribution in [2.45, 2.75) is 33.1 Å². The van der Waals surface area contributed by atoms with Crippen molar-refractivity contribution in [3.8, 4) is 5.75 Å². The van der Waals surface area contributed by atoms with E-state index < -0.39 is 6.36 Å². The Kier molecular flexibility index (Phi) is 7.00. The topological polar surface area (TPSA) is 81.1 Å². The zero-order valence-corrected chi connectivity index (χ0v) is 19.1. The van der Waals surface area contributed by atoms with Crippen LogP contribution in [-0.2, 0) is 7.05 Å². The number of nitrogens with zero attached hydrogens (tertiary/aromatic N) is 3. The fourth-order valence-corrected chi connectivity index (χ4v) is 5.09. The summed E-state index contributed by atoms with van der Waals surface area (Å²) < 4.78 is 43.9. The van der Waals surface area contributed by atoms with E-state index >= 15 is 0 Å². The molecular weight excluding hydrogens is 479 g/mol. The van der Waals surface area contributed by atoms with Crippen molar-refractivity contribution in [3.63, 3.8) is 0 Å².